The SMILES string of the molecule is Cn1ncc2c(NC3CCC(O)CC3)nc(NC[C@H](N)c3ccccc3)nc21. The Kier molecular flexibility index (Phi) is 5.40. The molecule has 0 amide bonds. The maximum Gasteiger partial charge on any atom is 0.226 e. The molecule has 0 spiro atoms. The van der Waals surface area contributed by atoms with Gasteiger partial charge in [-0.05, 0) is 31.2 Å². The Morgan fingerprint density at radius 1 is 1.18 bits per heavy atom. The van der Waals surface area contributed by atoms with E-state index in [0.29, 0.717) is 18.5 Å². The number of aliphatic hydroxyl groups is 1. The lowest BCUT2D eigenvalue weighted by atomic mass is 9.93. The van der Waals surface area contributed by atoms with E-state index in [4.69, 9.17) is 5.73 Å². The number of nitrogens with two attached hydrogens (primary N) is 1. The molecule has 8 heteroatoms. The number of nitrogens with zero attached hydrogens (tertiary/aromatic N) is 4. The summed E-state index contributed by atoms with van der Waals surface area (Å²) < 4.78 is 1.75. The molecule has 28 heavy (non-hydrogen) atoms. The Balaban J connectivity index is 1.52. The highest BCUT2D eigenvalue weighted by Gasteiger charge is 2.21. The van der Waals surface area contributed by atoms with Gasteiger partial charge in [0.2, 0.25) is 5.95 Å². The van der Waals surface area contributed by atoms with Crippen LogP contribution in [-0.4, -0.2) is 43.5 Å². The summed E-state index contributed by atoms with van der Waals surface area (Å²) in [5.41, 5.74) is 8.12. The smallest absolute Gasteiger partial charge is 0.226 e. The van der Waals surface area contributed by atoms with E-state index in [1.165, 1.54) is 0 Å². The average molecular weight is 381 g/mol. The van der Waals surface area contributed by atoms with Gasteiger partial charge in [-0.1, -0.05) is 30.3 Å². The van der Waals surface area contributed by atoms with E-state index in [0.717, 1.165) is 48.1 Å². The summed E-state index contributed by atoms with van der Waals surface area (Å²) in [4.78, 5) is 9.30. The molecular formula is C20H27N7O. The quantitative estimate of drug-likeness (QED) is 0.517. The second kappa shape index (κ2) is 8.12. The molecule has 1 aliphatic carbocycles. The first-order valence-electron chi connectivity index (χ1n) is 9.79. The fourth-order valence-electron chi connectivity index (χ4n) is 3.64. The van der Waals surface area contributed by atoms with Crippen LogP contribution in [0.3, 0.4) is 0 Å². The van der Waals surface area contributed by atoms with Crippen LogP contribution in [0.25, 0.3) is 11.0 Å². The molecule has 0 aliphatic heterocycles. The molecule has 2 heterocycles. The van der Waals surface area contributed by atoms with Crippen LogP contribution in [0.4, 0.5) is 11.8 Å². The van der Waals surface area contributed by atoms with Crippen molar-refractivity contribution >= 4 is 22.8 Å². The van der Waals surface area contributed by atoms with Crippen molar-refractivity contribution in [3.05, 3.63) is 42.1 Å². The van der Waals surface area contributed by atoms with Crippen molar-refractivity contribution < 1.29 is 5.11 Å². The zero-order chi connectivity index (χ0) is 19.5. The third-order valence-electron chi connectivity index (χ3n) is 5.34. The third kappa shape index (κ3) is 4.07. The van der Waals surface area contributed by atoms with Gasteiger partial charge in [-0.2, -0.15) is 15.1 Å². The summed E-state index contributed by atoms with van der Waals surface area (Å²) in [5, 5.41) is 21.8. The van der Waals surface area contributed by atoms with Gasteiger partial charge in [0.25, 0.3) is 0 Å². The summed E-state index contributed by atoms with van der Waals surface area (Å²) in [6, 6.07) is 10.1. The van der Waals surface area contributed by atoms with Crippen LogP contribution in [0, 0.1) is 0 Å². The highest BCUT2D eigenvalue weighted by atomic mass is 16.3. The van der Waals surface area contributed by atoms with Gasteiger partial charge in [0.05, 0.1) is 17.7 Å². The van der Waals surface area contributed by atoms with Crippen LogP contribution in [0.5, 0.6) is 0 Å². The summed E-state index contributed by atoms with van der Waals surface area (Å²) in [5.74, 6) is 1.30. The first-order valence-corrected chi connectivity index (χ1v) is 9.79. The lowest BCUT2D eigenvalue weighted by Crippen LogP contribution is -2.29. The largest absolute Gasteiger partial charge is 0.393 e. The Morgan fingerprint density at radius 2 is 1.93 bits per heavy atom. The number of aliphatic hydroxyl groups excluding tert-OH is 1. The number of benzene rings is 1. The van der Waals surface area contributed by atoms with Gasteiger partial charge in [-0.3, -0.25) is 4.68 Å². The topological polar surface area (TPSA) is 114 Å². The minimum atomic E-state index is -0.182. The molecule has 2 aromatic heterocycles. The van der Waals surface area contributed by atoms with Gasteiger partial charge in [0.15, 0.2) is 5.65 Å². The molecule has 1 fully saturated rings. The van der Waals surface area contributed by atoms with Crippen LogP contribution in [0.1, 0.15) is 37.3 Å². The van der Waals surface area contributed by atoms with Crippen LogP contribution >= 0.6 is 0 Å². The van der Waals surface area contributed by atoms with Crippen LogP contribution in [0.2, 0.25) is 0 Å². The molecule has 1 atom stereocenters. The number of nitrogens with one attached hydrogen (secondary N) is 2. The van der Waals surface area contributed by atoms with E-state index in [2.05, 4.69) is 25.7 Å². The van der Waals surface area contributed by atoms with Gasteiger partial charge >= 0.3 is 0 Å². The highest BCUT2D eigenvalue weighted by molar-refractivity contribution is 5.87. The first-order chi connectivity index (χ1) is 13.6. The van der Waals surface area contributed by atoms with E-state index >= 15 is 0 Å². The van der Waals surface area contributed by atoms with Gasteiger partial charge in [-0.25, -0.2) is 0 Å². The number of rotatable bonds is 6. The van der Waals surface area contributed by atoms with Crippen molar-refractivity contribution in [2.24, 2.45) is 12.8 Å². The number of aryl methyl sites for hydroxylation is 1. The van der Waals surface area contributed by atoms with Gasteiger partial charge in [0.1, 0.15) is 5.82 Å². The Labute approximate surface area is 164 Å². The highest BCUT2D eigenvalue weighted by Crippen LogP contribution is 2.26. The van der Waals surface area contributed by atoms with E-state index < -0.39 is 0 Å². The summed E-state index contributed by atoms with van der Waals surface area (Å²) >= 11 is 0. The number of fused-ring (bicyclic) bond motifs is 1. The minimum Gasteiger partial charge on any atom is -0.393 e. The van der Waals surface area contributed by atoms with Crippen molar-refractivity contribution in [3.8, 4) is 0 Å². The zero-order valence-electron chi connectivity index (χ0n) is 16.0. The van der Waals surface area contributed by atoms with Crippen molar-refractivity contribution in [1.29, 1.82) is 0 Å². The molecule has 1 aromatic carbocycles. The van der Waals surface area contributed by atoms with E-state index in [-0.39, 0.29) is 12.1 Å². The average Bonchev–Trinajstić information content (AvgIpc) is 3.10. The Hall–Kier alpha value is -2.71. The summed E-state index contributed by atoms with van der Waals surface area (Å²) in [6.07, 6.45) is 5.09. The number of anilines is 2. The van der Waals surface area contributed by atoms with Crippen LogP contribution in [-0.2, 0) is 7.05 Å². The molecular weight excluding hydrogens is 354 g/mol. The monoisotopic (exact) mass is 381 g/mol. The third-order valence-corrected chi connectivity index (χ3v) is 5.34. The summed E-state index contributed by atoms with van der Waals surface area (Å²) in [7, 11) is 1.87. The Bertz CT molecular complexity index is 919. The number of aromatic nitrogens is 4. The maximum absolute atomic E-state index is 9.74. The first kappa shape index (κ1) is 18.6. The fourth-order valence-corrected chi connectivity index (χ4v) is 3.64. The molecule has 0 unspecified atom stereocenters. The van der Waals surface area contributed by atoms with Crippen LogP contribution in [0.15, 0.2) is 36.5 Å². The van der Waals surface area contributed by atoms with E-state index in [9.17, 15) is 5.11 Å². The van der Waals surface area contributed by atoms with Crippen LogP contribution < -0.4 is 16.4 Å². The molecule has 0 bridgehead atoms. The molecule has 8 nitrogen and oxygen atoms in total. The molecule has 1 aliphatic rings. The van der Waals surface area contributed by atoms with Gasteiger partial charge in [0, 0.05) is 25.7 Å². The fraction of sp³-hybridized carbons (Fsp3) is 0.450. The molecule has 3 aromatic rings. The van der Waals surface area contributed by atoms with Crippen molar-refractivity contribution in [1.82, 2.24) is 19.7 Å². The predicted molar refractivity (Wildman–Crippen MR) is 110 cm³/mol. The van der Waals surface area contributed by atoms with E-state index in [1.54, 1.807) is 10.9 Å². The van der Waals surface area contributed by atoms with Crippen molar-refractivity contribution in [2.45, 2.75) is 43.9 Å². The van der Waals surface area contributed by atoms with Gasteiger partial charge in [-0.15, -0.1) is 0 Å². The molecule has 0 radical (unpaired) electrons. The van der Waals surface area contributed by atoms with Gasteiger partial charge < -0.3 is 21.5 Å². The van der Waals surface area contributed by atoms with Crippen molar-refractivity contribution in [3.63, 3.8) is 0 Å². The minimum absolute atomic E-state index is 0.150. The molecule has 4 rings (SSSR count). The normalized spacial score (nSPS) is 20.8. The van der Waals surface area contributed by atoms with E-state index in [1.807, 2.05) is 37.4 Å². The van der Waals surface area contributed by atoms with Crippen molar-refractivity contribution in [2.75, 3.05) is 17.2 Å². The predicted octanol–water partition coefficient (Wildman–Crippen LogP) is 2.19. The molecule has 5 N–H and O–H groups in total. The standard InChI is InChI=1S/C20H27N7O/c1-27-19-16(11-23-27)18(24-14-7-9-15(28)10-8-14)25-20(26-19)22-12-17(21)13-5-3-2-4-6-13/h2-6,11,14-15,17,28H,7-10,12,21H2,1H3,(H2,22,24,25,26)/t14?,15?,17-/m0/s1. The molecule has 148 valence electrons. The second-order valence-electron chi connectivity index (χ2n) is 7.45. The number of hydrogen-bond donors (Lipinski definition) is 4. The number of hydrogen-bond acceptors (Lipinski definition) is 7. The Morgan fingerprint density at radius 3 is 2.68 bits per heavy atom. The molecule has 1 saturated carbocycles. The second-order valence-corrected chi connectivity index (χ2v) is 7.45. The lowest BCUT2D eigenvalue weighted by molar-refractivity contribution is 0.126. The zero-order valence-corrected chi connectivity index (χ0v) is 16.0. The summed E-state index contributed by atoms with van der Waals surface area (Å²) in [6.45, 7) is 0.530. The maximum atomic E-state index is 9.74. The lowest BCUT2D eigenvalue weighted by Gasteiger charge is -2.26. The molecule has 0 saturated heterocycles.